The van der Waals surface area contributed by atoms with Gasteiger partial charge in [-0.05, 0) is 43.5 Å². The average Bonchev–Trinajstić information content (AvgIpc) is 2.81. The predicted octanol–water partition coefficient (Wildman–Crippen LogP) is 0.103. The van der Waals surface area contributed by atoms with Gasteiger partial charge in [0.05, 0.1) is 11.7 Å². The van der Waals surface area contributed by atoms with Crippen molar-refractivity contribution in [2.75, 3.05) is 34.9 Å². The van der Waals surface area contributed by atoms with Gasteiger partial charge in [0.15, 0.2) is 5.82 Å². The number of rotatable bonds is 10. The molecule has 7 N–H and O–H groups in total. The molecular formula is C22H27N7O6. The number of hydrogen-bond donors (Lipinski definition) is 5. The fourth-order valence-corrected chi connectivity index (χ4v) is 3.99. The van der Waals surface area contributed by atoms with Crippen LogP contribution in [0.5, 0.6) is 0 Å². The average molecular weight is 486 g/mol. The number of nitrogens with one attached hydrogen (secondary N) is 1. The lowest BCUT2D eigenvalue weighted by molar-refractivity contribution is -0.140. The van der Waals surface area contributed by atoms with Gasteiger partial charge in [-0.3, -0.25) is 14.4 Å². The number of carbonyl (C=O) groups is 4. The summed E-state index contributed by atoms with van der Waals surface area (Å²) in [5.41, 5.74) is 13.7. The Bertz CT molecular complexity index is 1120. The zero-order valence-corrected chi connectivity index (χ0v) is 19.0. The summed E-state index contributed by atoms with van der Waals surface area (Å²) in [5.74, 6) is -2.87. The maximum atomic E-state index is 12.4. The number of anilines is 4. The number of aromatic nitrogens is 2. The van der Waals surface area contributed by atoms with E-state index in [1.807, 2.05) is 11.9 Å². The highest BCUT2D eigenvalue weighted by Gasteiger charge is 2.31. The monoisotopic (exact) mass is 485 g/mol. The van der Waals surface area contributed by atoms with Gasteiger partial charge in [-0.25, -0.2) is 9.78 Å². The van der Waals surface area contributed by atoms with Crippen molar-refractivity contribution >= 4 is 47.4 Å². The fraction of sp³-hybridized carbons (Fsp3) is 0.364. The predicted molar refractivity (Wildman–Crippen MR) is 127 cm³/mol. The van der Waals surface area contributed by atoms with Gasteiger partial charge in [0.25, 0.3) is 5.91 Å². The van der Waals surface area contributed by atoms with Crippen LogP contribution in [0, 0.1) is 0 Å². The van der Waals surface area contributed by atoms with E-state index in [1.54, 1.807) is 24.3 Å². The number of likely N-dealkylation sites (N-methyl/N-ethyl adjacent to an activating group) is 1. The van der Waals surface area contributed by atoms with Gasteiger partial charge in [-0.15, -0.1) is 0 Å². The number of benzene rings is 1. The molecule has 2 heterocycles. The molecule has 1 aromatic heterocycles. The van der Waals surface area contributed by atoms with Crippen molar-refractivity contribution in [3.8, 4) is 0 Å². The minimum Gasteiger partial charge on any atom is -0.481 e. The molecule has 0 aliphatic carbocycles. The lowest BCUT2D eigenvalue weighted by atomic mass is 10.00. The van der Waals surface area contributed by atoms with Crippen LogP contribution in [0.15, 0.2) is 24.3 Å². The van der Waals surface area contributed by atoms with E-state index >= 15 is 0 Å². The molecule has 1 aromatic carbocycles. The molecular weight excluding hydrogens is 458 g/mol. The smallest absolute Gasteiger partial charge is 0.326 e. The van der Waals surface area contributed by atoms with E-state index in [1.165, 1.54) is 4.90 Å². The number of fused-ring (bicyclic) bond motifs is 1. The van der Waals surface area contributed by atoms with E-state index in [2.05, 4.69) is 15.3 Å². The molecule has 0 fully saturated rings. The topological polar surface area (TPSA) is 205 Å². The highest BCUT2D eigenvalue weighted by molar-refractivity contribution is 5.97. The zero-order valence-electron chi connectivity index (χ0n) is 19.0. The Kier molecular flexibility index (Phi) is 7.69. The molecule has 2 amide bonds. The third kappa shape index (κ3) is 5.93. The Labute approximate surface area is 200 Å². The summed E-state index contributed by atoms with van der Waals surface area (Å²) >= 11 is 0. The van der Waals surface area contributed by atoms with Crippen molar-refractivity contribution < 1.29 is 29.4 Å². The Morgan fingerprint density at radius 2 is 1.91 bits per heavy atom. The number of carboxylic acids is 2. The first-order chi connectivity index (χ1) is 16.6. The van der Waals surface area contributed by atoms with Gasteiger partial charge >= 0.3 is 11.9 Å². The minimum absolute atomic E-state index is 0.0587. The van der Waals surface area contributed by atoms with Crippen molar-refractivity contribution in [3.05, 3.63) is 35.5 Å². The number of amides is 2. The number of nitrogens with zero attached hydrogens (tertiary/aromatic N) is 4. The van der Waals surface area contributed by atoms with E-state index in [9.17, 15) is 24.3 Å². The Morgan fingerprint density at radius 1 is 1.23 bits per heavy atom. The molecule has 0 spiro atoms. The van der Waals surface area contributed by atoms with Crippen molar-refractivity contribution in [1.82, 2.24) is 15.3 Å². The fourth-order valence-electron chi connectivity index (χ4n) is 3.99. The SMILES string of the molecule is CN(CC1CCc2nc(N)nc(N)c2N1C=O)c1ccc(C(=O)NC(CCC(=O)O)C(=O)O)cc1. The third-order valence-corrected chi connectivity index (χ3v) is 5.79. The number of carbonyl (C=O) groups excluding carboxylic acids is 2. The van der Waals surface area contributed by atoms with Crippen LogP contribution in [0.3, 0.4) is 0 Å². The van der Waals surface area contributed by atoms with Gasteiger partial charge in [0.1, 0.15) is 11.7 Å². The summed E-state index contributed by atoms with van der Waals surface area (Å²) in [4.78, 5) is 57.9. The molecule has 2 atom stereocenters. The normalized spacial score (nSPS) is 15.6. The maximum Gasteiger partial charge on any atom is 0.326 e. The number of aryl methyl sites for hydroxylation is 1. The second-order valence-electron chi connectivity index (χ2n) is 8.19. The lowest BCUT2D eigenvalue weighted by Gasteiger charge is -2.37. The number of hydrogen-bond acceptors (Lipinski definition) is 9. The number of nitrogens with two attached hydrogens (primary N) is 2. The molecule has 0 radical (unpaired) electrons. The molecule has 0 bridgehead atoms. The molecule has 13 nitrogen and oxygen atoms in total. The molecule has 3 rings (SSSR count). The molecule has 0 saturated carbocycles. The van der Waals surface area contributed by atoms with E-state index in [0.717, 1.165) is 5.69 Å². The van der Waals surface area contributed by atoms with Crippen molar-refractivity contribution in [1.29, 1.82) is 0 Å². The molecule has 1 aliphatic rings. The molecule has 2 unspecified atom stereocenters. The summed E-state index contributed by atoms with van der Waals surface area (Å²) in [6.07, 6.45) is 1.32. The van der Waals surface area contributed by atoms with E-state index in [4.69, 9.17) is 16.6 Å². The summed E-state index contributed by atoms with van der Waals surface area (Å²) in [6, 6.07) is 4.97. The van der Waals surface area contributed by atoms with Crippen LogP contribution in [0.25, 0.3) is 0 Å². The van der Waals surface area contributed by atoms with Gasteiger partial charge in [-0.2, -0.15) is 4.98 Å². The van der Waals surface area contributed by atoms with Crippen molar-refractivity contribution in [2.24, 2.45) is 0 Å². The van der Waals surface area contributed by atoms with Crippen molar-refractivity contribution in [3.63, 3.8) is 0 Å². The summed E-state index contributed by atoms with van der Waals surface area (Å²) in [6.45, 7) is 0.462. The second-order valence-corrected chi connectivity index (χ2v) is 8.19. The first-order valence-corrected chi connectivity index (χ1v) is 10.8. The summed E-state index contributed by atoms with van der Waals surface area (Å²) in [7, 11) is 1.84. The van der Waals surface area contributed by atoms with Crippen LogP contribution < -0.4 is 26.6 Å². The van der Waals surface area contributed by atoms with Gasteiger partial charge in [0.2, 0.25) is 12.4 Å². The van der Waals surface area contributed by atoms with E-state index in [-0.39, 0.29) is 36.2 Å². The van der Waals surface area contributed by atoms with Gasteiger partial charge in [-0.1, -0.05) is 0 Å². The van der Waals surface area contributed by atoms with E-state index < -0.39 is 23.9 Å². The molecule has 35 heavy (non-hydrogen) atoms. The Balaban J connectivity index is 1.67. The quantitative estimate of drug-likeness (QED) is 0.285. The van der Waals surface area contributed by atoms with Crippen LogP contribution in [-0.2, 0) is 20.8 Å². The van der Waals surface area contributed by atoms with Gasteiger partial charge < -0.3 is 36.8 Å². The molecule has 0 saturated heterocycles. The molecule has 13 heteroatoms. The number of carboxylic acid groups (broad SMARTS) is 2. The molecule has 1 aliphatic heterocycles. The third-order valence-electron chi connectivity index (χ3n) is 5.79. The first-order valence-electron chi connectivity index (χ1n) is 10.8. The zero-order chi connectivity index (χ0) is 25.7. The van der Waals surface area contributed by atoms with Crippen LogP contribution in [0.4, 0.5) is 23.1 Å². The van der Waals surface area contributed by atoms with Crippen LogP contribution >= 0.6 is 0 Å². The Morgan fingerprint density at radius 3 is 2.51 bits per heavy atom. The number of nitrogen functional groups attached to an aromatic ring is 2. The number of aliphatic carboxylic acids is 2. The van der Waals surface area contributed by atoms with Crippen LogP contribution in [0.2, 0.25) is 0 Å². The van der Waals surface area contributed by atoms with E-state index in [0.29, 0.717) is 37.2 Å². The lowest BCUT2D eigenvalue weighted by Crippen LogP contribution is -2.46. The van der Waals surface area contributed by atoms with Gasteiger partial charge in [0, 0.05) is 31.3 Å². The molecule has 186 valence electrons. The maximum absolute atomic E-state index is 12.4. The largest absolute Gasteiger partial charge is 0.481 e. The minimum atomic E-state index is -1.31. The Hall–Kier alpha value is -4.42. The van der Waals surface area contributed by atoms with Crippen LogP contribution in [0.1, 0.15) is 35.3 Å². The van der Waals surface area contributed by atoms with Crippen molar-refractivity contribution in [2.45, 2.75) is 37.8 Å². The molecule has 2 aromatic rings. The highest BCUT2D eigenvalue weighted by Crippen LogP contribution is 2.33. The second kappa shape index (κ2) is 10.7. The summed E-state index contributed by atoms with van der Waals surface area (Å²) in [5, 5.41) is 20.3. The summed E-state index contributed by atoms with van der Waals surface area (Å²) < 4.78 is 0. The standard InChI is InChI=1S/C22H27N7O6/c1-28(10-14-6-7-15-18(29(14)11-30)19(23)27-22(24)26-15)13-4-2-12(3-5-13)20(33)25-16(21(34)35)8-9-17(31)32/h2-5,11,14,16H,6-10H2,1H3,(H,25,33)(H,31,32)(H,34,35)(H4,23,24,26,27). The van der Waals surface area contributed by atoms with Crippen LogP contribution in [-0.4, -0.2) is 70.1 Å². The highest BCUT2D eigenvalue weighted by atomic mass is 16.4. The first kappa shape index (κ1) is 25.2.